The van der Waals surface area contributed by atoms with Crippen molar-refractivity contribution in [3.8, 4) is 5.75 Å². The van der Waals surface area contributed by atoms with Crippen molar-refractivity contribution in [3.05, 3.63) is 64.2 Å². The van der Waals surface area contributed by atoms with Crippen LogP contribution in [0.1, 0.15) is 29.2 Å². The highest BCUT2D eigenvalue weighted by molar-refractivity contribution is 7.89. The zero-order valence-corrected chi connectivity index (χ0v) is 16.7. The van der Waals surface area contributed by atoms with E-state index in [-0.39, 0.29) is 27.6 Å². The summed E-state index contributed by atoms with van der Waals surface area (Å²) in [5.74, 6) is -0.508. The highest BCUT2D eigenvalue weighted by Gasteiger charge is 2.22. The van der Waals surface area contributed by atoms with Gasteiger partial charge in [-0.1, -0.05) is 12.1 Å². The summed E-state index contributed by atoms with van der Waals surface area (Å²) in [6.07, 6.45) is -0.869. The number of H-pyrrole nitrogens is 1. The van der Waals surface area contributed by atoms with Crippen LogP contribution in [-0.4, -0.2) is 38.5 Å². The summed E-state index contributed by atoms with van der Waals surface area (Å²) in [4.78, 5) is 31.5. The fourth-order valence-corrected chi connectivity index (χ4v) is 3.62. The monoisotopic (exact) mass is 417 g/mol. The first kappa shape index (κ1) is 20.5. The minimum Gasteiger partial charge on any atom is -0.495 e. The molecule has 3 aromatic rings. The third-order valence-corrected chi connectivity index (χ3v) is 5.69. The van der Waals surface area contributed by atoms with Gasteiger partial charge in [-0.2, -0.15) is 0 Å². The highest BCUT2D eigenvalue weighted by atomic mass is 32.2. The molecular weight excluding hydrogens is 398 g/mol. The Bertz CT molecular complexity index is 1240. The molecule has 0 saturated carbocycles. The molecule has 1 heterocycles. The van der Waals surface area contributed by atoms with Gasteiger partial charge in [0.15, 0.2) is 11.9 Å². The van der Waals surface area contributed by atoms with E-state index in [1.165, 1.54) is 26.3 Å². The van der Waals surface area contributed by atoms with Crippen LogP contribution >= 0.6 is 0 Å². The Balaban J connectivity index is 1.90. The molecule has 2 aromatic carbocycles. The van der Waals surface area contributed by atoms with Crippen molar-refractivity contribution in [2.45, 2.75) is 17.9 Å². The molecule has 3 rings (SSSR count). The molecule has 1 aromatic heterocycles. The maximum absolute atomic E-state index is 12.5. The van der Waals surface area contributed by atoms with Crippen LogP contribution in [0.5, 0.6) is 5.75 Å². The molecule has 0 saturated heterocycles. The second-order valence-electron chi connectivity index (χ2n) is 6.09. The summed E-state index contributed by atoms with van der Waals surface area (Å²) in [7, 11) is -1.27. The second kappa shape index (κ2) is 8.02. The number of sulfonamides is 1. The summed E-state index contributed by atoms with van der Waals surface area (Å²) in [6, 6.07) is 10.7. The summed E-state index contributed by atoms with van der Waals surface area (Å²) < 4.78 is 36.9. The molecule has 2 N–H and O–H groups in total. The van der Waals surface area contributed by atoms with Crippen LogP contribution in [0, 0.1) is 0 Å². The third kappa shape index (κ3) is 4.13. The van der Waals surface area contributed by atoms with E-state index >= 15 is 0 Å². The Morgan fingerprint density at radius 1 is 1.21 bits per heavy atom. The molecule has 10 heteroatoms. The SMILES string of the molecule is CNS(=O)(=O)c1cc(C(=O)O[C@@H](C)c2nc3ccccc3c(=O)[nH]2)ccc1OC. The Morgan fingerprint density at radius 3 is 2.62 bits per heavy atom. The molecule has 152 valence electrons. The predicted octanol–water partition coefficient (Wildman–Crippen LogP) is 1.76. The molecule has 0 aliphatic heterocycles. The van der Waals surface area contributed by atoms with Crippen molar-refractivity contribution in [2.24, 2.45) is 0 Å². The van der Waals surface area contributed by atoms with Crippen molar-refractivity contribution in [2.75, 3.05) is 14.2 Å². The van der Waals surface area contributed by atoms with Crippen LogP contribution < -0.4 is 15.0 Å². The van der Waals surface area contributed by atoms with Gasteiger partial charge in [-0.05, 0) is 44.3 Å². The minimum absolute atomic E-state index is 0.00890. The van der Waals surface area contributed by atoms with Crippen molar-refractivity contribution in [1.29, 1.82) is 0 Å². The smallest absolute Gasteiger partial charge is 0.338 e. The van der Waals surface area contributed by atoms with Crippen LogP contribution in [0.4, 0.5) is 0 Å². The molecule has 0 fully saturated rings. The lowest BCUT2D eigenvalue weighted by atomic mass is 10.2. The number of esters is 1. The van der Waals surface area contributed by atoms with Crippen LogP contribution in [-0.2, 0) is 14.8 Å². The Hall–Kier alpha value is -3.24. The normalized spacial score (nSPS) is 12.5. The van der Waals surface area contributed by atoms with Gasteiger partial charge in [0.2, 0.25) is 10.0 Å². The maximum atomic E-state index is 12.5. The largest absolute Gasteiger partial charge is 0.495 e. The van der Waals surface area contributed by atoms with Gasteiger partial charge in [0.05, 0.1) is 23.6 Å². The topological polar surface area (TPSA) is 127 Å². The first-order valence-corrected chi connectivity index (χ1v) is 10.1. The van der Waals surface area contributed by atoms with E-state index < -0.39 is 22.1 Å². The number of methoxy groups -OCH3 is 1. The molecule has 0 spiro atoms. The maximum Gasteiger partial charge on any atom is 0.338 e. The lowest BCUT2D eigenvalue weighted by molar-refractivity contribution is 0.0319. The van der Waals surface area contributed by atoms with Crippen LogP contribution in [0.25, 0.3) is 10.9 Å². The van der Waals surface area contributed by atoms with Gasteiger partial charge < -0.3 is 14.5 Å². The number of hydrogen-bond acceptors (Lipinski definition) is 7. The van der Waals surface area contributed by atoms with Crippen molar-refractivity contribution in [1.82, 2.24) is 14.7 Å². The molecular formula is C19H19N3O6S. The average Bonchev–Trinajstić information content (AvgIpc) is 2.73. The molecule has 29 heavy (non-hydrogen) atoms. The van der Waals surface area contributed by atoms with Gasteiger partial charge >= 0.3 is 5.97 Å². The van der Waals surface area contributed by atoms with Gasteiger partial charge in [-0.25, -0.2) is 22.9 Å². The predicted molar refractivity (Wildman–Crippen MR) is 105 cm³/mol. The number of hydrogen-bond donors (Lipinski definition) is 2. The van der Waals surface area contributed by atoms with Crippen LogP contribution in [0.2, 0.25) is 0 Å². The lowest BCUT2D eigenvalue weighted by Gasteiger charge is -2.14. The summed E-state index contributed by atoms with van der Waals surface area (Å²) in [5.41, 5.74) is 0.135. The number of nitrogens with zero attached hydrogens (tertiary/aromatic N) is 1. The third-order valence-electron chi connectivity index (χ3n) is 4.26. The number of para-hydroxylation sites is 1. The number of benzene rings is 2. The van der Waals surface area contributed by atoms with Gasteiger partial charge in [0, 0.05) is 0 Å². The van der Waals surface area contributed by atoms with Crippen molar-refractivity contribution in [3.63, 3.8) is 0 Å². The van der Waals surface area contributed by atoms with E-state index in [9.17, 15) is 18.0 Å². The molecule has 0 aliphatic rings. The van der Waals surface area contributed by atoms with E-state index in [1.54, 1.807) is 31.2 Å². The van der Waals surface area contributed by atoms with E-state index in [0.29, 0.717) is 10.9 Å². The number of nitrogens with one attached hydrogen (secondary N) is 2. The Labute approximate surface area is 166 Å². The zero-order valence-electron chi connectivity index (χ0n) is 15.9. The lowest BCUT2D eigenvalue weighted by Crippen LogP contribution is -2.20. The number of carbonyl (C=O) groups is 1. The van der Waals surface area contributed by atoms with E-state index in [4.69, 9.17) is 9.47 Å². The van der Waals surface area contributed by atoms with Crippen LogP contribution in [0.3, 0.4) is 0 Å². The van der Waals surface area contributed by atoms with Gasteiger partial charge in [-0.3, -0.25) is 4.79 Å². The van der Waals surface area contributed by atoms with Crippen molar-refractivity contribution >= 4 is 26.9 Å². The number of aromatic nitrogens is 2. The quantitative estimate of drug-likeness (QED) is 0.585. The number of carbonyl (C=O) groups excluding carboxylic acids is 1. The molecule has 0 aliphatic carbocycles. The van der Waals surface area contributed by atoms with Gasteiger partial charge in [0.1, 0.15) is 10.6 Å². The van der Waals surface area contributed by atoms with E-state index in [2.05, 4.69) is 14.7 Å². The number of fused-ring (bicyclic) bond motifs is 1. The molecule has 0 amide bonds. The standard InChI is InChI=1S/C19H19N3O6S/c1-11(17-21-14-7-5-4-6-13(14)18(23)22-17)28-19(24)12-8-9-15(27-3)16(10-12)29(25,26)20-2/h4-11,20H,1-3H3,(H,21,22,23)/t11-/m0/s1. The number of aromatic amines is 1. The average molecular weight is 417 g/mol. The Morgan fingerprint density at radius 2 is 1.93 bits per heavy atom. The molecule has 0 bridgehead atoms. The summed E-state index contributed by atoms with van der Waals surface area (Å²) in [5, 5.41) is 0.423. The fraction of sp³-hybridized carbons (Fsp3) is 0.211. The highest BCUT2D eigenvalue weighted by Crippen LogP contribution is 2.26. The van der Waals surface area contributed by atoms with E-state index in [0.717, 1.165) is 6.07 Å². The fourth-order valence-electron chi connectivity index (χ4n) is 2.71. The first-order valence-electron chi connectivity index (χ1n) is 8.58. The Kier molecular flexibility index (Phi) is 5.66. The first-order chi connectivity index (χ1) is 13.8. The zero-order chi connectivity index (χ0) is 21.2. The molecule has 0 radical (unpaired) electrons. The number of ether oxygens (including phenoxy) is 2. The molecule has 1 atom stereocenters. The van der Waals surface area contributed by atoms with Crippen LogP contribution in [0.15, 0.2) is 52.2 Å². The van der Waals surface area contributed by atoms with Crippen molar-refractivity contribution < 1.29 is 22.7 Å². The molecule has 0 unspecified atom stereocenters. The summed E-state index contributed by atoms with van der Waals surface area (Å²) in [6.45, 7) is 1.56. The van der Waals surface area contributed by atoms with Gasteiger partial charge in [-0.15, -0.1) is 0 Å². The van der Waals surface area contributed by atoms with E-state index in [1.807, 2.05) is 0 Å². The summed E-state index contributed by atoms with van der Waals surface area (Å²) >= 11 is 0. The second-order valence-corrected chi connectivity index (χ2v) is 7.94. The van der Waals surface area contributed by atoms with Gasteiger partial charge in [0.25, 0.3) is 5.56 Å². The molecule has 9 nitrogen and oxygen atoms in total. The number of rotatable bonds is 6. The minimum atomic E-state index is -3.85.